The molecule has 0 aliphatic rings. The van der Waals surface area contributed by atoms with E-state index < -0.39 is 15.9 Å². The minimum Gasteiger partial charge on any atom is -0.495 e. The highest BCUT2D eigenvalue weighted by Crippen LogP contribution is 2.28. The Labute approximate surface area is 193 Å². The number of hydrogen-bond acceptors (Lipinski definition) is 4. The van der Waals surface area contributed by atoms with Crippen LogP contribution in [0.25, 0.3) is 0 Å². The van der Waals surface area contributed by atoms with Crippen LogP contribution < -0.4 is 10.1 Å². The Bertz CT molecular complexity index is 1180. The molecule has 6 nitrogen and oxygen atoms in total. The van der Waals surface area contributed by atoms with E-state index in [1.807, 2.05) is 30.3 Å². The van der Waals surface area contributed by atoms with Crippen LogP contribution in [0.5, 0.6) is 5.75 Å². The van der Waals surface area contributed by atoms with Gasteiger partial charge < -0.3 is 10.1 Å². The lowest BCUT2D eigenvalue weighted by molar-refractivity contribution is -0.116. The van der Waals surface area contributed by atoms with E-state index in [1.54, 1.807) is 49.4 Å². The number of anilines is 1. The molecule has 1 amide bonds. The Morgan fingerprint density at radius 1 is 1.03 bits per heavy atom. The van der Waals surface area contributed by atoms with Gasteiger partial charge in [-0.2, -0.15) is 4.31 Å². The first-order valence-corrected chi connectivity index (χ1v) is 11.9. The largest absolute Gasteiger partial charge is 0.495 e. The predicted octanol–water partition coefficient (Wildman–Crippen LogP) is 4.53. The first-order valence-electron chi connectivity index (χ1n) is 10.0. The molecule has 0 bridgehead atoms. The quantitative estimate of drug-likeness (QED) is 0.496. The van der Waals surface area contributed by atoms with Crippen molar-refractivity contribution in [2.75, 3.05) is 25.5 Å². The van der Waals surface area contributed by atoms with Gasteiger partial charge >= 0.3 is 0 Å². The number of rotatable bonds is 9. The number of sulfonamides is 1. The summed E-state index contributed by atoms with van der Waals surface area (Å²) in [6.07, 6.45) is 0.452. The lowest BCUT2D eigenvalue weighted by atomic mass is 10.1. The second-order valence-electron chi connectivity index (χ2n) is 7.26. The van der Waals surface area contributed by atoms with E-state index in [1.165, 1.54) is 11.4 Å². The molecule has 0 heterocycles. The summed E-state index contributed by atoms with van der Waals surface area (Å²) in [5.41, 5.74) is 2.16. The summed E-state index contributed by atoms with van der Waals surface area (Å²) in [6.45, 7) is 1.56. The Morgan fingerprint density at radius 3 is 2.41 bits per heavy atom. The summed E-state index contributed by atoms with van der Waals surface area (Å²) >= 11 is 6.13. The van der Waals surface area contributed by atoms with Crippen molar-refractivity contribution in [1.29, 1.82) is 0 Å². The van der Waals surface area contributed by atoms with Crippen LogP contribution in [-0.4, -0.2) is 38.8 Å². The number of amides is 1. The first kappa shape index (κ1) is 23.8. The maximum atomic E-state index is 13.6. The monoisotopic (exact) mass is 472 g/mol. The number of benzene rings is 3. The molecule has 0 aromatic heterocycles. The highest BCUT2D eigenvalue weighted by Gasteiger charge is 2.29. The minimum absolute atomic E-state index is 0.0265. The molecule has 0 fully saturated rings. The molecule has 0 aliphatic heterocycles. The summed E-state index contributed by atoms with van der Waals surface area (Å²) in [6, 6.07) is 21.3. The highest BCUT2D eigenvalue weighted by atomic mass is 35.5. The maximum absolute atomic E-state index is 13.6. The number of hydrogen-bond donors (Lipinski definition) is 1. The van der Waals surface area contributed by atoms with Crippen molar-refractivity contribution < 1.29 is 17.9 Å². The molecule has 0 saturated carbocycles. The smallest absolute Gasteiger partial charge is 0.247 e. The van der Waals surface area contributed by atoms with Gasteiger partial charge in [-0.05, 0) is 48.7 Å². The van der Waals surface area contributed by atoms with Gasteiger partial charge in [0.2, 0.25) is 15.9 Å². The van der Waals surface area contributed by atoms with Gasteiger partial charge in [0.1, 0.15) is 10.6 Å². The molecule has 3 rings (SSSR count). The average Bonchev–Trinajstić information content (AvgIpc) is 2.78. The fraction of sp³-hybridized carbons (Fsp3) is 0.208. The van der Waals surface area contributed by atoms with Gasteiger partial charge in [-0.25, -0.2) is 8.42 Å². The van der Waals surface area contributed by atoms with E-state index in [9.17, 15) is 13.2 Å². The molecule has 32 heavy (non-hydrogen) atoms. The van der Waals surface area contributed by atoms with E-state index in [2.05, 4.69) is 5.32 Å². The average molecular weight is 473 g/mol. The molecular formula is C24H25ClN2O4S. The molecule has 1 N–H and O–H groups in total. The molecule has 0 radical (unpaired) electrons. The van der Waals surface area contributed by atoms with E-state index >= 15 is 0 Å². The summed E-state index contributed by atoms with van der Waals surface area (Å²) in [5.74, 6) is -0.256. The van der Waals surface area contributed by atoms with Crippen molar-refractivity contribution >= 4 is 33.2 Å². The second kappa shape index (κ2) is 10.6. The molecule has 3 aromatic rings. The minimum atomic E-state index is -4.02. The molecule has 0 aliphatic carbocycles. The van der Waals surface area contributed by atoms with Crippen molar-refractivity contribution in [2.45, 2.75) is 18.2 Å². The summed E-state index contributed by atoms with van der Waals surface area (Å²) in [4.78, 5) is 12.8. The number of carbonyl (C=O) groups excluding carboxylic acids is 1. The molecule has 0 saturated heterocycles. The zero-order valence-corrected chi connectivity index (χ0v) is 19.5. The van der Waals surface area contributed by atoms with Crippen molar-refractivity contribution in [3.05, 3.63) is 88.9 Å². The van der Waals surface area contributed by atoms with Crippen LogP contribution in [0.2, 0.25) is 5.02 Å². The van der Waals surface area contributed by atoms with Gasteiger partial charge in [0.15, 0.2) is 0 Å². The zero-order valence-electron chi connectivity index (χ0n) is 17.9. The van der Waals surface area contributed by atoms with E-state index in [-0.39, 0.29) is 23.7 Å². The molecular weight excluding hydrogens is 448 g/mol. The number of carbonyl (C=O) groups is 1. The van der Waals surface area contributed by atoms with Crippen LogP contribution in [0.15, 0.2) is 77.7 Å². The predicted molar refractivity (Wildman–Crippen MR) is 127 cm³/mol. The SMILES string of the molecule is COc1ccc(C)cc1S(=O)(=O)N(CCc1ccccc1)CC(=O)Nc1ccccc1Cl. The van der Waals surface area contributed by atoms with E-state index in [0.717, 1.165) is 11.1 Å². The summed E-state index contributed by atoms with van der Waals surface area (Å²) in [7, 11) is -2.60. The third-order valence-electron chi connectivity index (χ3n) is 4.90. The van der Waals surface area contributed by atoms with Gasteiger partial charge in [0.25, 0.3) is 0 Å². The Morgan fingerprint density at radius 2 is 1.72 bits per heavy atom. The third kappa shape index (κ3) is 5.88. The van der Waals surface area contributed by atoms with Crippen LogP contribution in [0.1, 0.15) is 11.1 Å². The van der Waals surface area contributed by atoms with Gasteiger partial charge in [-0.1, -0.05) is 60.1 Å². The molecule has 0 spiro atoms. The number of halogens is 1. The van der Waals surface area contributed by atoms with Crippen molar-refractivity contribution in [3.8, 4) is 5.75 Å². The lowest BCUT2D eigenvalue weighted by Crippen LogP contribution is -2.39. The van der Waals surface area contributed by atoms with Gasteiger partial charge in [0.05, 0.1) is 24.4 Å². The van der Waals surface area contributed by atoms with Crippen LogP contribution in [0.4, 0.5) is 5.69 Å². The standard InChI is InChI=1S/C24H25ClN2O4S/c1-18-12-13-22(31-2)23(16-18)32(29,30)27(15-14-19-8-4-3-5-9-19)17-24(28)26-21-11-7-6-10-20(21)25/h3-13,16H,14-15,17H2,1-2H3,(H,26,28). The zero-order chi connectivity index (χ0) is 23.1. The van der Waals surface area contributed by atoms with Crippen LogP contribution in [-0.2, 0) is 21.2 Å². The Balaban J connectivity index is 1.90. The number of aryl methyl sites for hydroxylation is 1. The molecule has 3 aromatic carbocycles. The van der Waals surface area contributed by atoms with Gasteiger partial charge in [-0.15, -0.1) is 0 Å². The Hall–Kier alpha value is -2.87. The van der Waals surface area contributed by atoms with Crippen molar-refractivity contribution in [2.24, 2.45) is 0 Å². The topological polar surface area (TPSA) is 75.7 Å². The molecule has 0 unspecified atom stereocenters. The normalized spacial score (nSPS) is 11.4. The summed E-state index contributed by atoms with van der Waals surface area (Å²) in [5, 5.41) is 3.07. The van der Waals surface area contributed by atoms with Crippen molar-refractivity contribution in [3.63, 3.8) is 0 Å². The van der Waals surface area contributed by atoms with Gasteiger partial charge in [-0.3, -0.25) is 4.79 Å². The summed E-state index contributed by atoms with van der Waals surface area (Å²) < 4.78 is 33.6. The first-order chi connectivity index (χ1) is 15.3. The van der Waals surface area contributed by atoms with Crippen LogP contribution >= 0.6 is 11.6 Å². The second-order valence-corrected chi connectivity index (χ2v) is 9.57. The van der Waals surface area contributed by atoms with Crippen molar-refractivity contribution in [1.82, 2.24) is 4.31 Å². The number of para-hydroxylation sites is 1. The van der Waals surface area contributed by atoms with Gasteiger partial charge in [0, 0.05) is 6.54 Å². The Kier molecular flexibility index (Phi) is 7.90. The van der Waals surface area contributed by atoms with Crippen LogP contribution in [0, 0.1) is 6.92 Å². The fourth-order valence-electron chi connectivity index (χ4n) is 3.22. The molecule has 8 heteroatoms. The van der Waals surface area contributed by atoms with E-state index in [4.69, 9.17) is 16.3 Å². The maximum Gasteiger partial charge on any atom is 0.247 e. The molecule has 0 atom stereocenters. The highest BCUT2D eigenvalue weighted by molar-refractivity contribution is 7.89. The number of methoxy groups -OCH3 is 1. The lowest BCUT2D eigenvalue weighted by Gasteiger charge is -2.23. The molecule has 168 valence electrons. The number of nitrogens with one attached hydrogen (secondary N) is 1. The van der Waals surface area contributed by atoms with Crippen LogP contribution in [0.3, 0.4) is 0 Å². The van der Waals surface area contributed by atoms with E-state index in [0.29, 0.717) is 17.1 Å². The number of ether oxygens (including phenoxy) is 1. The number of nitrogens with zero attached hydrogens (tertiary/aromatic N) is 1. The fourth-order valence-corrected chi connectivity index (χ4v) is 5.04. The third-order valence-corrected chi connectivity index (χ3v) is 7.09.